The van der Waals surface area contributed by atoms with Crippen LogP contribution in [0.4, 0.5) is 0 Å². The van der Waals surface area contributed by atoms with Gasteiger partial charge >= 0.3 is 13.1 Å². The van der Waals surface area contributed by atoms with Crippen LogP contribution in [0.25, 0.3) is 0 Å². The molecule has 0 bridgehead atoms. The van der Waals surface area contributed by atoms with E-state index in [9.17, 15) is 14.6 Å². The Hall–Kier alpha value is -2.02. The SMILES string of the molecule is CCOC(=O)c1cccc2c1OB(O)[C@@H](NC(=O)CC)C2. The number of carbonyl (C=O) groups is 2. The molecule has 1 aromatic carbocycles. The maximum atomic E-state index is 11.9. The number of amides is 1. The lowest BCUT2D eigenvalue weighted by molar-refractivity contribution is -0.121. The van der Waals surface area contributed by atoms with Crippen molar-refractivity contribution in [2.45, 2.75) is 32.6 Å². The number of esters is 1. The third-order valence-corrected chi connectivity index (χ3v) is 3.28. The zero-order chi connectivity index (χ0) is 15.4. The fourth-order valence-electron chi connectivity index (χ4n) is 2.23. The minimum absolute atomic E-state index is 0.160. The molecule has 7 heteroatoms. The van der Waals surface area contributed by atoms with Crippen LogP contribution in [0.5, 0.6) is 5.75 Å². The van der Waals surface area contributed by atoms with Crippen molar-refractivity contribution in [1.82, 2.24) is 5.32 Å². The summed E-state index contributed by atoms with van der Waals surface area (Å²) in [7, 11) is -1.19. The Labute approximate surface area is 123 Å². The van der Waals surface area contributed by atoms with Gasteiger partial charge in [0.1, 0.15) is 11.3 Å². The second-order valence-corrected chi connectivity index (χ2v) is 4.75. The Balaban J connectivity index is 2.24. The van der Waals surface area contributed by atoms with Crippen LogP contribution in [0.2, 0.25) is 0 Å². The van der Waals surface area contributed by atoms with Crippen molar-refractivity contribution in [1.29, 1.82) is 0 Å². The number of hydrogen-bond donors (Lipinski definition) is 2. The smallest absolute Gasteiger partial charge is 0.534 e. The van der Waals surface area contributed by atoms with Crippen molar-refractivity contribution < 1.29 is 24.0 Å². The molecule has 6 nitrogen and oxygen atoms in total. The van der Waals surface area contributed by atoms with E-state index < -0.39 is 19.0 Å². The molecule has 0 unspecified atom stereocenters. The lowest BCUT2D eigenvalue weighted by Gasteiger charge is -2.29. The van der Waals surface area contributed by atoms with Crippen LogP contribution >= 0.6 is 0 Å². The Morgan fingerprint density at radius 3 is 2.90 bits per heavy atom. The summed E-state index contributed by atoms with van der Waals surface area (Å²) >= 11 is 0. The number of ether oxygens (including phenoxy) is 1. The fourth-order valence-corrected chi connectivity index (χ4v) is 2.23. The third-order valence-electron chi connectivity index (χ3n) is 3.28. The first-order chi connectivity index (χ1) is 10.1. The molecule has 2 N–H and O–H groups in total. The van der Waals surface area contributed by atoms with Crippen LogP contribution in [0.15, 0.2) is 18.2 Å². The van der Waals surface area contributed by atoms with Crippen molar-refractivity contribution in [2.75, 3.05) is 6.61 Å². The van der Waals surface area contributed by atoms with Crippen molar-refractivity contribution in [3.63, 3.8) is 0 Å². The summed E-state index contributed by atoms with van der Waals surface area (Å²) in [6.07, 6.45) is 0.731. The van der Waals surface area contributed by atoms with Crippen LogP contribution < -0.4 is 9.97 Å². The molecular weight excluding hydrogens is 273 g/mol. The minimum Gasteiger partial charge on any atom is -0.534 e. The van der Waals surface area contributed by atoms with E-state index in [1.54, 1.807) is 32.0 Å². The molecular formula is C14H18BNO5. The van der Waals surface area contributed by atoms with E-state index in [4.69, 9.17) is 9.39 Å². The average Bonchev–Trinajstić information content (AvgIpc) is 2.47. The third kappa shape index (κ3) is 3.36. The largest absolute Gasteiger partial charge is 0.547 e. The van der Waals surface area contributed by atoms with E-state index in [0.29, 0.717) is 18.6 Å². The number of rotatable bonds is 4. The zero-order valence-electron chi connectivity index (χ0n) is 12.1. The molecule has 1 heterocycles. The number of fused-ring (bicyclic) bond motifs is 1. The van der Waals surface area contributed by atoms with Gasteiger partial charge in [0.05, 0.1) is 12.5 Å². The molecule has 1 aromatic rings. The molecule has 1 aliphatic heterocycles. The van der Waals surface area contributed by atoms with Gasteiger partial charge in [-0.3, -0.25) is 4.79 Å². The van der Waals surface area contributed by atoms with Gasteiger partial charge in [0.25, 0.3) is 0 Å². The van der Waals surface area contributed by atoms with Gasteiger partial charge in [0, 0.05) is 6.42 Å². The topological polar surface area (TPSA) is 84.9 Å². The molecule has 1 aliphatic rings. The summed E-state index contributed by atoms with van der Waals surface area (Å²) in [6.45, 7) is 3.72. The quantitative estimate of drug-likeness (QED) is 0.630. The Morgan fingerprint density at radius 2 is 2.24 bits per heavy atom. The van der Waals surface area contributed by atoms with Crippen LogP contribution in [0, 0.1) is 0 Å². The molecule has 2 rings (SSSR count). The molecule has 0 saturated heterocycles. The normalized spacial score (nSPS) is 16.7. The zero-order valence-corrected chi connectivity index (χ0v) is 12.1. The van der Waals surface area contributed by atoms with Gasteiger partial charge in [-0.05, 0) is 25.0 Å². The maximum absolute atomic E-state index is 11.9. The highest BCUT2D eigenvalue weighted by Crippen LogP contribution is 2.30. The fraction of sp³-hybridized carbons (Fsp3) is 0.429. The van der Waals surface area contributed by atoms with Crippen LogP contribution in [0.1, 0.15) is 36.2 Å². The van der Waals surface area contributed by atoms with E-state index in [2.05, 4.69) is 5.32 Å². The minimum atomic E-state index is -1.19. The first-order valence-electron chi connectivity index (χ1n) is 6.99. The average molecular weight is 291 g/mol. The molecule has 1 atom stereocenters. The summed E-state index contributed by atoms with van der Waals surface area (Å²) in [6, 6.07) is 5.12. The van der Waals surface area contributed by atoms with Crippen LogP contribution in [0.3, 0.4) is 0 Å². The second-order valence-electron chi connectivity index (χ2n) is 4.75. The maximum Gasteiger partial charge on any atom is 0.547 e. The van der Waals surface area contributed by atoms with Crippen LogP contribution in [-0.4, -0.2) is 36.6 Å². The predicted octanol–water partition coefficient (Wildman–Crippen LogP) is 0.713. The lowest BCUT2D eigenvalue weighted by Crippen LogP contribution is -2.53. The Kier molecular flexibility index (Phi) is 4.85. The molecule has 0 aromatic heterocycles. The van der Waals surface area contributed by atoms with Gasteiger partial charge in [0.15, 0.2) is 0 Å². The summed E-state index contributed by atoms with van der Waals surface area (Å²) in [4.78, 5) is 23.3. The monoisotopic (exact) mass is 291 g/mol. The van der Waals surface area contributed by atoms with Crippen molar-refractivity contribution >= 4 is 19.0 Å². The molecule has 0 spiro atoms. The van der Waals surface area contributed by atoms with Crippen molar-refractivity contribution in [3.8, 4) is 5.75 Å². The van der Waals surface area contributed by atoms with Gasteiger partial charge in [-0.15, -0.1) is 0 Å². The van der Waals surface area contributed by atoms with E-state index in [-0.39, 0.29) is 18.1 Å². The standard InChI is InChI=1S/C14H18BNO5/c1-3-12(17)16-11-8-9-6-5-7-10(14(18)20-4-2)13(9)21-15(11)19/h5-7,11,19H,3-4,8H2,1-2H3,(H,16,17)/t11-/m0/s1. The van der Waals surface area contributed by atoms with Gasteiger partial charge in [0.2, 0.25) is 5.91 Å². The summed E-state index contributed by atoms with van der Waals surface area (Å²) < 4.78 is 10.4. The van der Waals surface area contributed by atoms with E-state index in [1.807, 2.05) is 0 Å². The number of hydrogen-bond acceptors (Lipinski definition) is 5. The summed E-state index contributed by atoms with van der Waals surface area (Å²) in [5.74, 6) is -0.849. The number of benzene rings is 1. The number of nitrogens with one attached hydrogen (secondary N) is 1. The summed E-state index contributed by atoms with van der Waals surface area (Å²) in [5, 5.41) is 12.7. The molecule has 1 amide bonds. The Bertz CT molecular complexity index is 548. The lowest BCUT2D eigenvalue weighted by atomic mass is 9.72. The summed E-state index contributed by atoms with van der Waals surface area (Å²) in [5.41, 5.74) is 1.04. The molecule has 0 radical (unpaired) electrons. The first kappa shape index (κ1) is 15.4. The van der Waals surface area contributed by atoms with Gasteiger partial charge < -0.3 is 19.7 Å². The highest BCUT2D eigenvalue weighted by Gasteiger charge is 2.37. The molecule has 112 valence electrons. The van der Waals surface area contributed by atoms with Gasteiger partial charge in [-0.1, -0.05) is 19.1 Å². The van der Waals surface area contributed by atoms with E-state index in [0.717, 1.165) is 5.56 Å². The van der Waals surface area contributed by atoms with Gasteiger partial charge in [-0.2, -0.15) is 0 Å². The molecule has 21 heavy (non-hydrogen) atoms. The van der Waals surface area contributed by atoms with Gasteiger partial charge in [-0.25, -0.2) is 4.79 Å². The Morgan fingerprint density at radius 1 is 1.48 bits per heavy atom. The highest BCUT2D eigenvalue weighted by atomic mass is 16.5. The second kappa shape index (κ2) is 6.63. The first-order valence-corrected chi connectivity index (χ1v) is 6.99. The molecule has 0 fully saturated rings. The molecule has 0 aliphatic carbocycles. The number of carbonyl (C=O) groups excluding carboxylic acids is 2. The predicted molar refractivity (Wildman–Crippen MR) is 76.9 cm³/mol. The molecule has 0 saturated carbocycles. The van der Waals surface area contributed by atoms with Crippen molar-refractivity contribution in [3.05, 3.63) is 29.3 Å². The number of para-hydroxylation sites is 1. The van der Waals surface area contributed by atoms with Crippen molar-refractivity contribution in [2.24, 2.45) is 0 Å². The van der Waals surface area contributed by atoms with E-state index in [1.165, 1.54) is 0 Å². The van der Waals surface area contributed by atoms with Crippen LogP contribution in [-0.2, 0) is 16.0 Å². The van der Waals surface area contributed by atoms with E-state index >= 15 is 0 Å². The highest BCUT2D eigenvalue weighted by molar-refractivity contribution is 6.47.